The van der Waals surface area contributed by atoms with Crippen LogP contribution in [0.1, 0.15) is 46.4 Å². The van der Waals surface area contributed by atoms with Crippen molar-refractivity contribution in [2.45, 2.75) is 44.3 Å². The summed E-state index contributed by atoms with van der Waals surface area (Å²) >= 11 is 0. The van der Waals surface area contributed by atoms with Crippen LogP contribution in [0.5, 0.6) is 5.75 Å². The summed E-state index contributed by atoms with van der Waals surface area (Å²) in [6.45, 7) is 1.44. The van der Waals surface area contributed by atoms with Crippen LogP contribution >= 0.6 is 0 Å². The lowest BCUT2D eigenvalue weighted by molar-refractivity contribution is 0.0700. The van der Waals surface area contributed by atoms with Gasteiger partial charge in [-0.25, -0.2) is 14.4 Å². The van der Waals surface area contributed by atoms with Gasteiger partial charge in [0.05, 0.1) is 24.0 Å². The van der Waals surface area contributed by atoms with Crippen molar-refractivity contribution >= 4 is 33.9 Å². The molecule has 2 bridgehead atoms. The number of methoxy groups -OCH3 is 1. The molecular formula is C34H34FN7O3. The van der Waals surface area contributed by atoms with Gasteiger partial charge in [0, 0.05) is 54.3 Å². The standard InChI is InChI=1S/C34H34FN7O3/c1-40-30-25(12-21(14-28(30)45-2)34(44)42-16-20-7-10-26(42)29(20)36)39-33(40)27-13-19-6-9-24(38-32(19)41(27)15-17-3-4-17)22-8-5-18(31(37)43)11-23(22)35/h5-6,8-9,11-14,17,20,26,29H,3-4,7,10,15-16,36H2,1-2H3,(H2,37,43)/t20-,26-,29-/m1/s1. The van der Waals surface area contributed by atoms with Crippen molar-refractivity contribution in [3.8, 4) is 28.5 Å². The number of piperidine rings is 1. The van der Waals surface area contributed by atoms with Crippen molar-refractivity contribution in [1.29, 1.82) is 0 Å². The fraction of sp³-hybridized carbons (Fsp3) is 0.353. The van der Waals surface area contributed by atoms with E-state index in [4.69, 9.17) is 26.2 Å². The fourth-order valence-corrected chi connectivity index (χ4v) is 7.35. The summed E-state index contributed by atoms with van der Waals surface area (Å²) in [5.74, 6) is 0.885. The number of fused-ring (bicyclic) bond motifs is 4. The van der Waals surface area contributed by atoms with Crippen LogP contribution in [0, 0.1) is 17.7 Å². The topological polar surface area (TPSA) is 134 Å². The molecule has 2 aliphatic carbocycles. The number of amides is 2. The van der Waals surface area contributed by atoms with Crippen molar-refractivity contribution in [2.75, 3.05) is 13.7 Å². The summed E-state index contributed by atoms with van der Waals surface area (Å²) in [6.07, 6.45) is 4.28. The number of nitrogens with zero attached hydrogens (tertiary/aromatic N) is 5. The molecule has 5 aromatic rings. The third-order valence-corrected chi connectivity index (χ3v) is 9.96. The molecule has 3 atom stereocenters. The first-order valence-electron chi connectivity index (χ1n) is 15.4. The summed E-state index contributed by atoms with van der Waals surface area (Å²) in [5, 5.41) is 0.902. The summed E-state index contributed by atoms with van der Waals surface area (Å²) in [5.41, 5.74) is 16.2. The molecule has 11 heteroatoms. The SMILES string of the molecule is COc1cc(C(=O)N2C[C@H]3CC[C@@H]2[C@@H]3N)cc2nc(-c3cc4ccc(-c5ccc(C(N)=O)cc5F)nc4n3CC3CC3)n(C)c12. The molecule has 3 fully saturated rings. The van der Waals surface area contributed by atoms with Crippen LogP contribution in [0.15, 0.2) is 48.5 Å². The second kappa shape index (κ2) is 10.1. The van der Waals surface area contributed by atoms with Gasteiger partial charge in [-0.3, -0.25) is 9.59 Å². The van der Waals surface area contributed by atoms with E-state index in [1.165, 1.54) is 12.1 Å². The highest BCUT2D eigenvalue weighted by molar-refractivity contribution is 6.00. The molecular weight excluding hydrogens is 573 g/mol. The number of carbonyl (C=O) groups excluding carboxylic acids is 2. The molecule has 2 amide bonds. The Labute approximate surface area is 258 Å². The molecule has 1 aliphatic heterocycles. The van der Waals surface area contributed by atoms with Gasteiger partial charge < -0.3 is 30.2 Å². The lowest BCUT2D eigenvalue weighted by atomic mass is 10.1. The number of rotatable bonds is 7. The zero-order valence-electron chi connectivity index (χ0n) is 25.2. The van der Waals surface area contributed by atoms with E-state index in [9.17, 15) is 9.59 Å². The highest BCUT2D eigenvalue weighted by Crippen LogP contribution is 2.40. The predicted octanol–water partition coefficient (Wildman–Crippen LogP) is 4.48. The number of hydrogen-bond acceptors (Lipinski definition) is 6. The quantitative estimate of drug-likeness (QED) is 0.280. The zero-order valence-corrected chi connectivity index (χ0v) is 25.2. The van der Waals surface area contributed by atoms with Gasteiger partial charge in [0.1, 0.15) is 22.7 Å². The minimum atomic E-state index is -0.686. The molecule has 8 rings (SSSR count). The number of halogens is 1. The largest absolute Gasteiger partial charge is 0.494 e. The van der Waals surface area contributed by atoms with E-state index in [1.54, 1.807) is 19.2 Å². The highest BCUT2D eigenvalue weighted by Gasteiger charge is 2.47. The lowest BCUT2D eigenvalue weighted by Gasteiger charge is -2.27. The average Bonchev–Trinajstić information content (AvgIpc) is 3.44. The summed E-state index contributed by atoms with van der Waals surface area (Å²) in [6, 6.07) is 13.7. The van der Waals surface area contributed by atoms with E-state index in [0.29, 0.717) is 52.3 Å². The Kier molecular flexibility index (Phi) is 6.25. The Morgan fingerprint density at radius 1 is 1.02 bits per heavy atom. The normalized spacial score (nSPS) is 20.9. The average molecular weight is 608 g/mol. The van der Waals surface area contributed by atoms with Crippen molar-refractivity contribution in [1.82, 2.24) is 24.0 Å². The molecule has 1 saturated heterocycles. The van der Waals surface area contributed by atoms with Crippen molar-refractivity contribution < 1.29 is 18.7 Å². The molecule has 230 valence electrons. The zero-order chi connectivity index (χ0) is 31.1. The molecule has 4 heterocycles. The molecule has 0 radical (unpaired) electrons. The Hall–Kier alpha value is -4.77. The van der Waals surface area contributed by atoms with Gasteiger partial charge in [0.2, 0.25) is 5.91 Å². The van der Waals surface area contributed by atoms with Crippen LogP contribution in [0.25, 0.3) is 44.8 Å². The summed E-state index contributed by atoms with van der Waals surface area (Å²) in [4.78, 5) is 37.1. The van der Waals surface area contributed by atoms with Gasteiger partial charge in [-0.1, -0.05) is 0 Å². The minimum absolute atomic E-state index is 0.0366. The first-order chi connectivity index (χ1) is 21.7. The number of aryl methyl sites for hydroxylation is 1. The van der Waals surface area contributed by atoms with Crippen LogP contribution in [0.3, 0.4) is 0 Å². The van der Waals surface area contributed by atoms with Crippen molar-refractivity contribution in [2.24, 2.45) is 30.4 Å². The van der Waals surface area contributed by atoms with Crippen LogP contribution < -0.4 is 16.2 Å². The van der Waals surface area contributed by atoms with Crippen LogP contribution in [-0.2, 0) is 13.6 Å². The van der Waals surface area contributed by atoms with Crippen LogP contribution in [-0.4, -0.2) is 61.6 Å². The van der Waals surface area contributed by atoms with Crippen molar-refractivity contribution in [3.63, 3.8) is 0 Å². The van der Waals surface area contributed by atoms with Crippen LogP contribution in [0.4, 0.5) is 4.39 Å². The second-order valence-electron chi connectivity index (χ2n) is 12.7. The van der Waals surface area contributed by atoms with Crippen molar-refractivity contribution in [3.05, 3.63) is 65.5 Å². The minimum Gasteiger partial charge on any atom is -0.494 e. The Morgan fingerprint density at radius 3 is 2.51 bits per heavy atom. The molecule has 45 heavy (non-hydrogen) atoms. The number of ether oxygens (including phenoxy) is 1. The fourth-order valence-electron chi connectivity index (χ4n) is 7.35. The molecule has 2 saturated carbocycles. The van der Waals surface area contributed by atoms with Gasteiger partial charge in [-0.05, 0) is 86.1 Å². The number of imidazole rings is 1. The van der Waals surface area contributed by atoms with Gasteiger partial charge in [-0.2, -0.15) is 0 Å². The third kappa shape index (κ3) is 4.40. The van der Waals surface area contributed by atoms with Crippen LogP contribution in [0.2, 0.25) is 0 Å². The maximum absolute atomic E-state index is 15.1. The Morgan fingerprint density at radius 2 is 1.84 bits per heavy atom. The van der Waals surface area contributed by atoms with Gasteiger partial charge in [0.15, 0.2) is 5.82 Å². The van der Waals surface area contributed by atoms with E-state index < -0.39 is 11.7 Å². The second-order valence-corrected chi connectivity index (χ2v) is 12.7. The Balaban J connectivity index is 1.23. The molecule has 3 aliphatic rings. The number of likely N-dealkylation sites (tertiary alicyclic amines) is 1. The maximum atomic E-state index is 15.1. The number of benzene rings is 2. The monoisotopic (exact) mass is 607 g/mol. The number of nitrogens with two attached hydrogens (primary N) is 2. The van der Waals surface area contributed by atoms with Gasteiger partial charge in [0.25, 0.3) is 5.91 Å². The predicted molar refractivity (Wildman–Crippen MR) is 168 cm³/mol. The molecule has 2 aromatic carbocycles. The molecule has 10 nitrogen and oxygen atoms in total. The van der Waals surface area contributed by atoms with E-state index in [0.717, 1.165) is 60.5 Å². The third-order valence-electron chi connectivity index (χ3n) is 9.96. The van der Waals surface area contributed by atoms with Gasteiger partial charge in [-0.15, -0.1) is 0 Å². The summed E-state index contributed by atoms with van der Waals surface area (Å²) in [7, 11) is 3.55. The number of primary amides is 1. The van der Waals surface area contributed by atoms with E-state index in [2.05, 4.69) is 10.6 Å². The van der Waals surface area contributed by atoms with E-state index in [-0.39, 0.29) is 23.6 Å². The lowest BCUT2D eigenvalue weighted by Crippen LogP contribution is -2.41. The van der Waals surface area contributed by atoms with E-state index >= 15 is 4.39 Å². The van der Waals surface area contributed by atoms with Gasteiger partial charge >= 0.3 is 0 Å². The first kappa shape index (κ1) is 27.8. The number of aromatic nitrogens is 4. The van der Waals surface area contributed by atoms with E-state index in [1.807, 2.05) is 28.6 Å². The first-order valence-corrected chi connectivity index (χ1v) is 15.4. The molecule has 0 unspecified atom stereocenters. The number of pyridine rings is 1. The number of carbonyl (C=O) groups is 2. The maximum Gasteiger partial charge on any atom is 0.254 e. The molecule has 4 N–H and O–H groups in total. The molecule has 0 spiro atoms. The number of hydrogen-bond donors (Lipinski definition) is 2. The Bertz CT molecular complexity index is 2040. The molecule has 3 aromatic heterocycles. The highest BCUT2D eigenvalue weighted by atomic mass is 19.1. The summed E-state index contributed by atoms with van der Waals surface area (Å²) < 4.78 is 25.0. The smallest absolute Gasteiger partial charge is 0.254 e.